The van der Waals surface area contributed by atoms with E-state index < -0.39 is 0 Å². The third kappa shape index (κ3) is 3.15. The van der Waals surface area contributed by atoms with Crippen LogP contribution in [0, 0.1) is 10.6 Å². The molecule has 3 nitrogen and oxygen atoms in total. The standard InChI is InChI=1S/C22H26N2O/c25-24-20(17-23-19-12-6-2-7-13-19)16-22(14-8-3-9-15-22)21(24)18-10-4-1-5-11-18/h1-2,4-7,10-13,20,23H,3,8-9,14-17H2/t20-/m1/s1. The first-order valence-electron chi connectivity index (χ1n) is 9.47. The Morgan fingerprint density at radius 3 is 2.24 bits per heavy atom. The summed E-state index contributed by atoms with van der Waals surface area (Å²) in [5, 5.41) is 16.7. The molecule has 25 heavy (non-hydrogen) atoms. The van der Waals surface area contributed by atoms with E-state index in [0.29, 0.717) is 6.54 Å². The maximum absolute atomic E-state index is 13.2. The first-order valence-corrected chi connectivity index (χ1v) is 9.47. The highest BCUT2D eigenvalue weighted by molar-refractivity contribution is 6.02. The van der Waals surface area contributed by atoms with E-state index in [9.17, 15) is 5.21 Å². The average molecular weight is 334 g/mol. The number of para-hydroxylation sites is 1. The van der Waals surface area contributed by atoms with Crippen molar-refractivity contribution in [2.24, 2.45) is 5.41 Å². The molecule has 0 radical (unpaired) electrons. The molecule has 2 aromatic carbocycles. The number of nitrogens with zero attached hydrogens (tertiary/aromatic N) is 1. The maximum Gasteiger partial charge on any atom is 0.201 e. The molecule has 1 spiro atoms. The zero-order chi connectivity index (χ0) is 17.1. The van der Waals surface area contributed by atoms with Gasteiger partial charge in [-0.05, 0) is 37.1 Å². The van der Waals surface area contributed by atoms with Gasteiger partial charge in [-0.3, -0.25) is 0 Å². The summed E-state index contributed by atoms with van der Waals surface area (Å²) in [7, 11) is 0. The number of hydrogen-bond acceptors (Lipinski definition) is 2. The Labute approximate surface area is 150 Å². The molecule has 1 saturated carbocycles. The number of benzene rings is 2. The van der Waals surface area contributed by atoms with E-state index in [2.05, 4.69) is 29.6 Å². The minimum Gasteiger partial charge on any atom is -0.623 e. The van der Waals surface area contributed by atoms with E-state index >= 15 is 0 Å². The lowest BCUT2D eigenvalue weighted by Crippen LogP contribution is -2.32. The zero-order valence-corrected chi connectivity index (χ0v) is 14.7. The van der Waals surface area contributed by atoms with E-state index in [0.717, 1.165) is 36.2 Å². The lowest BCUT2D eigenvalue weighted by atomic mass is 9.67. The topological polar surface area (TPSA) is 38.1 Å². The van der Waals surface area contributed by atoms with Crippen LogP contribution in [0.5, 0.6) is 0 Å². The van der Waals surface area contributed by atoms with Crippen LogP contribution >= 0.6 is 0 Å². The summed E-state index contributed by atoms with van der Waals surface area (Å²) in [6.45, 7) is 0.700. The van der Waals surface area contributed by atoms with Crippen molar-refractivity contribution < 1.29 is 4.74 Å². The van der Waals surface area contributed by atoms with Gasteiger partial charge in [0.1, 0.15) is 0 Å². The first-order chi connectivity index (χ1) is 12.3. The molecule has 4 rings (SSSR count). The first kappa shape index (κ1) is 16.2. The summed E-state index contributed by atoms with van der Waals surface area (Å²) < 4.78 is 1.33. The van der Waals surface area contributed by atoms with Crippen molar-refractivity contribution in [3.05, 3.63) is 71.4 Å². The molecule has 2 aromatic rings. The molecule has 1 fully saturated rings. The number of hydroxylamine groups is 1. The van der Waals surface area contributed by atoms with E-state index in [1.165, 1.54) is 24.0 Å². The Kier molecular flexibility index (Phi) is 4.48. The monoisotopic (exact) mass is 334 g/mol. The summed E-state index contributed by atoms with van der Waals surface area (Å²) in [5.41, 5.74) is 3.31. The molecule has 0 amide bonds. The molecule has 1 N–H and O–H groups in total. The fourth-order valence-corrected chi connectivity index (χ4v) is 4.69. The van der Waals surface area contributed by atoms with Crippen molar-refractivity contribution in [2.75, 3.05) is 11.9 Å². The normalized spacial score (nSPS) is 22.3. The van der Waals surface area contributed by atoms with Gasteiger partial charge in [-0.25, -0.2) is 4.74 Å². The Morgan fingerprint density at radius 1 is 0.920 bits per heavy atom. The van der Waals surface area contributed by atoms with Crippen LogP contribution < -0.4 is 5.32 Å². The largest absolute Gasteiger partial charge is 0.623 e. The molecule has 1 aliphatic heterocycles. The number of hydrogen-bond donors (Lipinski definition) is 1. The second kappa shape index (κ2) is 6.91. The highest BCUT2D eigenvalue weighted by atomic mass is 16.5. The summed E-state index contributed by atoms with van der Waals surface area (Å²) >= 11 is 0. The summed E-state index contributed by atoms with van der Waals surface area (Å²) in [4.78, 5) is 0. The van der Waals surface area contributed by atoms with Crippen molar-refractivity contribution in [3.63, 3.8) is 0 Å². The highest BCUT2D eigenvalue weighted by Gasteiger charge is 2.51. The van der Waals surface area contributed by atoms with Crippen LogP contribution in [0.15, 0.2) is 60.7 Å². The predicted molar refractivity (Wildman–Crippen MR) is 103 cm³/mol. The number of anilines is 1. The van der Waals surface area contributed by atoms with Gasteiger partial charge >= 0.3 is 0 Å². The van der Waals surface area contributed by atoms with Crippen molar-refractivity contribution in [3.8, 4) is 0 Å². The highest BCUT2D eigenvalue weighted by Crippen LogP contribution is 2.47. The second-order valence-corrected chi connectivity index (χ2v) is 7.49. The molecule has 1 aliphatic carbocycles. The molecular formula is C22H26N2O. The van der Waals surface area contributed by atoms with Gasteiger partial charge in [0.05, 0.1) is 12.0 Å². The van der Waals surface area contributed by atoms with Gasteiger partial charge in [0.2, 0.25) is 5.71 Å². The molecule has 3 heteroatoms. The molecule has 130 valence electrons. The van der Waals surface area contributed by atoms with E-state index in [-0.39, 0.29) is 11.5 Å². The van der Waals surface area contributed by atoms with Crippen LogP contribution in [0.2, 0.25) is 0 Å². The van der Waals surface area contributed by atoms with Crippen LogP contribution in [-0.4, -0.2) is 23.0 Å². The molecule has 0 unspecified atom stereocenters. The molecule has 0 aromatic heterocycles. The van der Waals surface area contributed by atoms with E-state index in [1.54, 1.807) is 0 Å². The molecule has 2 aliphatic rings. The van der Waals surface area contributed by atoms with E-state index in [4.69, 9.17) is 0 Å². The molecule has 0 bridgehead atoms. The van der Waals surface area contributed by atoms with Gasteiger partial charge in [-0.1, -0.05) is 55.7 Å². The van der Waals surface area contributed by atoms with Crippen molar-refractivity contribution in [1.29, 1.82) is 0 Å². The van der Waals surface area contributed by atoms with Crippen LogP contribution in [0.25, 0.3) is 0 Å². The lowest BCUT2D eigenvalue weighted by molar-refractivity contribution is -0.487. The van der Waals surface area contributed by atoms with Gasteiger partial charge in [0, 0.05) is 17.7 Å². The molecule has 0 saturated heterocycles. The van der Waals surface area contributed by atoms with Crippen LogP contribution in [0.3, 0.4) is 0 Å². The second-order valence-electron chi connectivity index (χ2n) is 7.49. The Hall–Kier alpha value is -2.29. The smallest absolute Gasteiger partial charge is 0.201 e. The van der Waals surface area contributed by atoms with Gasteiger partial charge in [0.25, 0.3) is 0 Å². The average Bonchev–Trinajstić information content (AvgIpc) is 2.93. The molecule has 1 atom stereocenters. The molecule has 1 heterocycles. The number of nitrogens with one attached hydrogen (secondary N) is 1. The van der Waals surface area contributed by atoms with E-state index in [1.807, 2.05) is 36.4 Å². The van der Waals surface area contributed by atoms with Crippen LogP contribution in [0.1, 0.15) is 44.1 Å². The minimum atomic E-state index is 0.00788. The third-order valence-corrected chi connectivity index (χ3v) is 5.85. The van der Waals surface area contributed by atoms with Crippen LogP contribution in [-0.2, 0) is 0 Å². The number of rotatable bonds is 4. The van der Waals surface area contributed by atoms with Crippen molar-refractivity contribution >= 4 is 11.4 Å². The summed E-state index contributed by atoms with van der Waals surface area (Å²) in [5.74, 6) is 0. The van der Waals surface area contributed by atoms with Crippen molar-refractivity contribution in [1.82, 2.24) is 0 Å². The van der Waals surface area contributed by atoms with Gasteiger partial charge < -0.3 is 10.5 Å². The lowest BCUT2D eigenvalue weighted by Gasteiger charge is -2.31. The molecular weight excluding hydrogens is 308 g/mol. The summed E-state index contributed by atoms with van der Waals surface area (Å²) in [6, 6.07) is 20.5. The fourth-order valence-electron chi connectivity index (χ4n) is 4.69. The van der Waals surface area contributed by atoms with Gasteiger partial charge in [0.15, 0.2) is 6.04 Å². The summed E-state index contributed by atoms with van der Waals surface area (Å²) in [6.07, 6.45) is 7.05. The SMILES string of the molecule is [O-][N+]1=C(c2ccccc2)C2(CCCCC2)C[C@@H]1CNc1ccccc1. The third-order valence-electron chi connectivity index (χ3n) is 5.85. The van der Waals surface area contributed by atoms with Crippen LogP contribution in [0.4, 0.5) is 5.69 Å². The quantitative estimate of drug-likeness (QED) is 0.643. The minimum absolute atomic E-state index is 0.00788. The zero-order valence-electron chi connectivity index (χ0n) is 14.7. The Bertz CT molecular complexity index is 733. The maximum atomic E-state index is 13.2. The van der Waals surface area contributed by atoms with Crippen molar-refractivity contribution in [2.45, 2.75) is 44.6 Å². The predicted octanol–water partition coefficient (Wildman–Crippen LogP) is 4.82. The van der Waals surface area contributed by atoms with Gasteiger partial charge in [-0.2, -0.15) is 0 Å². The fraction of sp³-hybridized carbons (Fsp3) is 0.409. The Morgan fingerprint density at radius 2 is 1.56 bits per heavy atom. The van der Waals surface area contributed by atoms with Gasteiger partial charge in [-0.15, -0.1) is 0 Å². The Balaban J connectivity index is 1.62.